The normalized spacial score (nSPS) is 27.3. The third-order valence-corrected chi connectivity index (χ3v) is 8.92. The lowest BCUT2D eigenvalue weighted by Crippen LogP contribution is -2.22. The second-order valence-electron chi connectivity index (χ2n) is 7.54. The average Bonchev–Trinajstić information content (AvgIpc) is 2.62. The summed E-state index contributed by atoms with van der Waals surface area (Å²) in [6.07, 6.45) is 11.4. The van der Waals surface area contributed by atoms with Crippen molar-refractivity contribution >= 4 is 12.4 Å². The molecule has 122 valence electrons. The summed E-state index contributed by atoms with van der Waals surface area (Å²) in [7, 11) is -2.43. The molecule has 0 radical (unpaired) electrons. The van der Waals surface area contributed by atoms with Crippen molar-refractivity contribution in [1.82, 2.24) is 0 Å². The highest BCUT2D eigenvalue weighted by molar-refractivity contribution is 7.74. The van der Waals surface area contributed by atoms with Gasteiger partial charge in [-0.1, -0.05) is 42.3 Å². The quantitative estimate of drug-likeness (QED) is 0.607. The van der Waals surface area contributed by atoms with Gasteiger partial charge < -0.3 is 4.57 Å². The van der Waals surface area contributed by atoms with Crippen LogP contribution >= 0.6 is 7.14 Å². The highest BCUT2D eigenvalue weighted by Gasteiger charge is 2.37. The van der Waals surface area contributed by atoms with Crippen LogP contribution < -0.4 is 5.30 Å². The molecule has 1 unspecified atom stereocenters. The van der Waals surface area contributed by atoms with Crippen LogP contribution in [0, 0.1) is 5.92 Å². The molecule has 2 atom stereocenters. The van der Waals surface area contributed by atoms with Crippen molar-refractivity contribution in [2.45, 2.75) is 57.8 Å². The molecule has 1 aromatic rings. The minimum atomic E-state index is -2.43. The largest absolute Gasteiger partial charge is 0.314 e. The van der Waals surface area contributed by atoms with Crippen molar-refractivity contribution in [2.24, 2.45) is 5.92 Å². The predicted octanol–water partition coefficient (Wildman–Crippen LogP) is 6.02. The Labute approximate surface area is 140 Å². The van der Waals surface area contributed by atoms with Crippen LogP contribution in [0.5, 0.6) is 0 Å². The molecule has 2 saturated carbocycles. The molecule has 0 bridgehead atoms. The van der Waals surface area contributed by atoms with Gasteiger partial charge in [0.05, 0.1) is 0 Å². The molecule has 0 aliphatic heterocycles. The van der Waals surface area contributed by atoms with Crippen LogP contribution in [0.1, 0.15) is 57.8 Å². The van der Waals surface area contributed by atoms with E-state index in [9.17, 15) is 4.57 Å². The van der Waals surface area contributed by atoms with Crippen LogP contribution in [0.25, 0.3) is 0 Å². The second-order valence-corrected chi connectivity index (χ2v) is 10.4. The zero-order chi connectivity index (χ0) is 15.9. The summed E-state index contributed by atoms with van der Waals surface area (Å²) in [6.45, 7) is 2.02. The van der Waals surface area contributed by atoms with Gasteiger partial charge in [0.25, 0.3) is 0 Å². The van der Waals surface area contributed by atoms with E-state index in [1.54, 1.807) is 11.1 Å². The second kappa shape index (κ2) is 6.10. The molecule has 0 aromatic heterocycles. The van der Waals surface area contributed by atoms with E-state index in [4.69, 9.17) is 0 Å². The molecule has 0 heterocycles. The Morgan fingerprint density at radius 3 is 2.39 bits per heavy atom. The third kappa shape index (κ3) is 2.68. The van der Waals surface area contributed by atoms with Gasteiger partial charge in [-0.25, -0.2) is 0 Å². The van der Waals surface area contributed by atoms with Crippen molar-refractivity contribution in [1.29, 1.82) is 0 Å². The first kappa shape index (κ1) is 15.5. The van der Waals surface area contributed by atoms with Crippen LogP contribution in [-0.4, -0.2) is 6.66 Å². The van der Waals surface area contributed by atoms with E-state index in [1.807, 2.05) is 24.9 Å². The number of fused-ring (bicyclic) bond motifs is 2. The molecule has 0 N–H and O–H groups in total. The summed E-state index contributed by atoms with van der Waals surface area (Å²) in [4.78, 5) is 0. The van der Waals surface area contributed by atoms with Crippen molar-refractivity contribution in [3.05, 3.63) is 52.4 Å². The Hall–Kier alpha value is -1.07. The lowest BCUT2D eigenvalue weighted by Gasteiger charge is -2.39. The third-order valence-electron chi connectivity index (χ3n) is 6.15. The molecule has 3 aliphatic carbocycles. The molecule has 2 heteroatoms. The van der Waals surface area contributed by atoms with Gasteiger partial charge in [0.2, 0.25) is 0 Å². The lowest BCUT2D eigenvalue weighted by atomic mass is 9.71. The molecule has 1 nitrogen and oxygen atoms in total. The van der Waals surface area contributed by atoms with Gasteiger partial charge in [0.1, 0.15) is 7.14 Å². The highest BCUT2D eigenvalue weighted by atomic mass is 31.2. The summed E-state index contributed by atoms with van der Waals surface area (Å²) < 4.78 is 13.8. The number of benzene rings is 1. The smallest absolute Gasteiger partial charge is 0.136 e. The monoisotopic (exact) mass is 326 g/mol. The summed E-state index contributed by atoms with van der Waals surface area (Å²) in [5, 5.41) is 2.38. The van der Waals surface area contributed by atoms with Gasteiger partial charge in [-0.05, 0) is 80.4 Å². The number of allylic oxidation sites excluding steroid dienone is 4. The summed E-state index contributed by atoms with van der Waals surface area (Å²) in [5.74, 6) is 0.688. The van der Waals surface area contributed by atoms with Gasteiger partial charge in [-0.2, -0.15) is 0 Å². The van der Waals surface area contributed by atoms with E-state index in [1.165, 1.54) is 55.8 Å². The fraction of sp³-hybridized carbons (Fsp3) is 0.524. The minimum absolute atomic E-state index is 0.688. The molecule has 0 saturated heterocycles. The van der Waals surface area contributed by atoms with Crippen LogP contribution in [-0.2, 0) is 4.57 Å². The molecule has 23 heavy (non-hydrogen) atoms. The molecule has 0 spiro atoms. The molecule has 0 amide bonds. The van der Waals surface area contributed by atoms with E-state index in [0.717, 1.165) is 18.1 Å². The Kier molecular flexibility index (Phi) is 4.10. The maximum atomic E-state index is 13.8. The van der Waals surface area contributed by atoms with Crippen molar-refractivity contribution in [2.75, 3.05) is 6.66 Å². The predicted molar refractivity (Wildman–Crippen MR) is 98.7 cm³/mol. The highest BCUT2D eigenvalue weighted by Crippen LogP contribution is 2.60. The number of hydrogen-bond acceptors (Lipinski definition) is 1. The number of rotatable bonds is 2. The van der Waals surface area contributed by atoms with Gasteiger partial charge >= 0.3 is 0 Å². The van der Waals surface area contributed by atoms with Crippen LogP contribution in [0.3, 0.4) is 0 Å². The van der Waals surface area contributed by atoms with E-state index in [0.29, 0.717) is 5.92 Å². The fourth-order valence-electron chi connectivity index (χ4n) is 4.94. The first-order valence-corrected chi connectivity index (χ1v) is 11.4. The Morgan fingerprint density at radius 1 is 0.913 bits per heavy atom. The minimum Gasteiger partial charge on any atom is -0.314 e. The van der Waals surface area contributed by atoms with E-state index >= 15 is 0 Å². The van der Waals surface area contributed by atoms with E-state index < -0.39 is 7.14 Å². The van der Waals surface area contributed by atoms with Crippen molar-refractivity contribution in [3.63, 3.8) is 0 Å². The topological polar surface area (TPSA) is 17.1 Å². The van der Waals surface area contributed by atoms with Crippen LogP contribution in [0.2, 0.25) is 0 Å². The molecule has 3 aliphatic rings. The maximum absolute atomic E-state index is 13.8. The number of hydrogen-bond donors (Lipinski definition) is 0. The summed E-state index contributed by atoms with van der Waals surface area (Å²) >= 11 is 0. The lowest BCUT2D eigenvalue weighted by molar-refractivity contribution is 0.433. The van der Waals surface area contributed by atoms with Gasteiger partial charge in [-0.3, -0.25) is 0 Å². The Morgan fingerprint density at radius 2 is 1.61 bits per heavy atom. The first-order chi connectivity index (χ1) is 11.2. The average molecular weight is 326 g/mol. The Bertz CT molecular complexity index is 711. The maximum Gasteiger partial charge on any atom is 0.136 e. The summed E-state index contributed by atoms with van der Waals surface area (Å²) in [6, 6.07) is 10.2. The van der Waals surface area contributed by atoms with E-state index in [-0.39, 0.29) is 0 Å². The van der Waals surface area contributed by atoms with Gasteiger partial charge in [-0.15, -0.1) is 0 Å². The van der Waals surface area contributed by atoms with Crippen molar-refractivity contribution < 1.29 is 4.57 Å². The molecule has 1 aromatic carbocycles. The van der Waals surface area contributed by atoms with Crippen molar-refractivity contribution in [3.8, 4) is 0 Å². The Balaban J connectivity index is 1.84. The zero-order valence-electron chi connectivity index (χ0n) is 14.2. The van der Waals surface area contributed by atoms with Gasteiger partial charge in [0, 0.05) is 5.30 Å². The molecular formula is C21H27OP. The van der Waals surface area contributed by atoms with Crippen LogP contribution in [0.4, 0.5) is 0 Å². The fourth-order valence-corrected chi connectivity index (χ4v) is 7.33. The first-order valence-electron chi connectivity index (χ1n) is 9.26. The molecular weight excluding hydrogens is 299 g/mol. The SMILES string of the molecule is CP(=O)(C1=C2CCCCC2=C2CCCC[C@@H]2C1)c1ccccc1. The molecule has 2 fully saturated rings. The van der Waals surface area contributed by atoms with Crippen LogP contribution in [0.15, 0.2) is 52.4 Å². The zero-order valence-corrected chi connectivity index (χ0v) is 15.1. The van der Waals surface area contributed by atoms with E-state index in [2.05, 4.69) is 12.1 Å². The summed E-state index contributed by atoms with van der Waals surface area (Å²) in [5.41, 5.74) is 4.90. The molecule has 4 rings (SSSR count). The standard InChI is InChI=1S/C21H27OP/c1-23(22,17-10-3-2-4-11-17)21-15-16-9-5-6-12-18(16)19-13-7-8-14-20(19)21/h2-4,10-11,16H,5-9,12-15H2,1H3/t16-,23?/m1/s1. The van der Waals surface area contributed by atoms with Gasteiger partial charge in [0.15, 0.2) is 0 Å².